The number of anilines is 2. The molecule has 25 heavy (non-hydrogen) atoms. The average Bonchev–Trinajstić information content (AvgIpc) is 2.89. The third-order valence-corrected chi connectivity index (χ3v) is 4.34. The number of cyclic esters (lactones) is 1. The fourth-order valence-electron chi connectivity index (χ4n) is 2.76. The van der Waals surface area contributed by atoms with Crippen molar-refractivity contribution in [2.45, 2.75) is 12.3 Å². The normalized spacial score (nSPS) is 20.5. The van der Waals surface area contributed by atoms with E-state index >= 15 is 0 Å². The van der Waals surface area contributed by atoms with Crippen LogP contribution in [0.4, 0.5) is 29.7 Å². The van der Waals surface area contributed by atoms with Crippen LogP contribution in [0.2, 0.25) is 0 Å². The standard InChI is InChI=1S/C15H17F2N3O5/c1-18(14(21)22)12-7-20(15(23)25-12)8-3-10(16)13(11(17)4-8)19-5-9(6-19)24-2/h3-4,9,12H,5-7H2,1-2H3,(H,21,22)/t12-/m0/s1. The van der Waals surface area contributed by atoms with Gasteiger partial charge in [0.2, 0.25) is 0 Å². The summed E-state index contributed by atoms with van der Waals surface area (Å²) in [4.78, 5) is 26.2. The van der Waals surface area contributed by atoms with Crippen molar-refractivity contribution in [2.75, 3.05) is 43.6 Å². The van der Waals surface area contributed by atoms with Gasteiger partial charge in [0.15, 0.2) is 17.9 Å². The molecule has 10 heteroatoms. The van der Waals surface area contributed by atoms with Crippen LogP contribution in [0.5, 0.6) is 0 Å². The van der Waals surface area contributed by atoms with Crippen LogP contribution in [0.1, 0.15) is 0 Å². The molecule has 2 aliphatic heterocycles. The van der Waals surface area contributed by atoms with E-state index in [4.69, 9.17) is 14.6 Å². The summed E-state index contributed by atoms with van der Waals surface area (Å²) in [6, 6.07) is 2.06. The summed E-state index contributed by atoms with van der Waals surface area (Å²) in [5.41, 5.74) is -0.210. The van der Waals surface area contributed by atoms with Crippen LogP contribution < -0.4 is 9.80 Å². The van der Waals surface area contributed by atoms with E-state index in [0.29, 0.717) is 13.1 Å². The van der Waals surface area contributed by atoms with Gasteiger partial charge in [-0.3, -0.25) is 9.80 Å². The Morgan fingerprint density at radius 1 is 1.32 bits per heavy atom. The van der Waals surface area contributed by atoms with Crippen molar-refractivity contribution in [3.63, 3.8) is 0 Å². The number of rotatable bonds is 4. The van der Waals surface area contributed by atoms with E-state index in [2.05, 4.69) is 0 Å². The maximum absolute atomic E-state index is 14.4. The first-order valence-corrected chi connectivity index (χ1v) is 7.52. The molecule has 0 bridgehead atoms. The molecule has 8 nitrogen and oxygen atoms in total. The number of carboxylic acid groups (broad SMARTS) is 1. The number of carbonyl (C=O) groups excluding carboxylic acids is 1. The van der Waals surface area contributed by atoms with Crippen LogP contribution in [-0.4, -0.2) is 68.3 Å². The summed E-state index contributed by atoms with van der Waals surface area (Å²) in [6.45, 7) is 0.594. The van der Waals surface area contributed by atoms with E-state index in [0.717, 1.165) is 21.9 Å². The van der Waals surface area contributed by atoms with Crippen molar-refractivity contribution >= 4 is 23.6 Å². The SMILES string of the molecule is COC1CN(c2c(F)cc(N3C[C@@H](N(C)C(=O)O)OC3=O)cc2F)C1. The van der Waals surface area contributed by atoms with Crippen molar-refractivity contribution in [3.05, 3.63) is 23.8 Å². The van der Waals surface area contributed by atoms with Gasteiger partial charge in [-0.15, -0.1) is 0 Å². The number of benzene rings is 1. The molecule has 0 unspecified atom stereocenters. The van der Waals surface area contributed by atoms with Crippen LogP contribution in [0.25, 0.3) is 0 Å². The molecule has 1 N–H and O–H groups in total. The van der Waals surface area contributed by atoms with Gasteiger partial charge >= 0.3 is 12.2 Å². The number of hydrogen-bond donors (Lipinski definition) is 1. The number of nitrogens with zero attached hydrogens (tertiary/aromatic N) is 3. The van der Waals surface area contributed by atoms with Crippen LogP contribution in [0, 0.1) is 11.6 Å². The molecule has 0 saturated carbocycles. The number of likely N-dealkylation sites (N-methyl/N-ethyl adjacent to an activating group) is 1. The Bertz CT molecular complexity index is 687. The fraction of sp³-hybridized carbons (Fsp3) is 0.467. The fourth-order valence-corrected chi connectivity index (χ4v) is 2.76. The van der Waals surface area contributed by atoms with E-state index in [-0.39, 0.29) is 24.0 Å². The summed E-state index contributed by atoms with van der Waals surface area (Å²) in [5.74, 6) is -1.63. The summed E-state index contributed by atoms with van der Waals surface area (Å²) < 4.78 is 38.8. The molecule has 2 saturated heterocycles. The molecule has 1 aromatic rings. The molecular formula is C15H17F2N3O5. The minimum atomic E-state index is -1.28. The molecular weight excluding hydrogens is 340 g/mol. The Morgan fingerprint density at radius 2 is 1.92 bits per heavy atom. The topological polar surface area (TPSA) is 82.6 Å². The monoisotopic (exact) mass is 357 g/mol. The zero-order chi connectivity index (χ0) is 18.3. The van der Waals surface area contributed by atoms with Gasteiger partial charge in [-0.1, -0.05) is 0 Å². The number of carbonyl (C=O) groups is 2. The molecule has 2 aliphatic rings. The van der Waals surface area contributed by atoms with E-state index < -0.39 is 30.0 Å². The predicted octanol–water partition coefficient (Wildman–Crippen LogP) is 1.69. The van der Waals surface area contributed by atoms with E-state index in [1.54, 1.807) is 0 Å². The second kappa shape index (κ2) is 6.36. The van der Waals surface area contributed by atoms with Gasteiger partial charge in [0.05, 0.1) is 18.3 Å². The van der Waals surface area contributed by atoms with Crippen LogP contribution in [0.3, 0.4) is 0 Å². The zero-order valence-electron chi connectivity index (χ0n) is 13.6. The zero-order valence-corrected chi connectivity index (χ0v) is 13.6. The average molecular weight is 357 g/mol. The molecule has 2 fully saturated rings. The van der Waals surface area contributed by atoms with E-state index in [9.17, 15) is 18.4 Å². The third-order valence-electron chi connectivity index (χ3n) is 4.34. The molecule has 0 radical (unpaired) electrons. The summed E-state index contributed by atoms with van der Waals surface area (Å²) >= 11 is 0. The Labute approximate surface area is 142 Å². The van der Waals surface area contributed by atoms with Crippen LogP contribution >= 0.6 is 0 Å². The van der Waals surface area contributed by atoms with Gasteiger partial charge in [0, 0.05) is 39.4 Å². The third kappa shape index (κ3) is 3.04. The minimum Gasteiger partial charge on any atom is -0.465 e. The summed E-state index contributed by atoms with van der Waals surface area (Å²) in [5, 5.41) is 8.93. The van der Waals surface area contributed by atoms with Crippen molar-refractivity contribution < 1.29 is 33.0 Å². The van der Waals surface area contributed by atoms with Crippen molar-refractivity contribution in [1.82, 2.24) is 4.90 Å². The van der Waals surface area contributed by atoms with Gasteiger partial charge in [-0.05, 0) is 0 Å². The Hall–Kier alpha value is -2.62. The maximum atomic E-state index is 14.4. The number of ether oxygens (including phenoxy) is 2. The van der Waals surface area contributed by atoms with E-state index in [1.165, 1.54) is 19.1 Å². The highest BCUT2D eigenvalue weighted by atomic mass is 19.1. The molecule has 3 rings (SSSR count). The Kier molecular flexibility index (Phi) is 4.38. The molecule has 0 aliphatic carbocycles. The maximum Gasteiger partial charge on any atom is 0.416 e. The molecule has 1 atom stereocenters. The van der Waals surface area contributed by atoms with Crippen molar-refractivity contribution in [1.29, 1.82) is 0 Å². The van der Waals surface area contributed by atoms with Gasteiger partial charge in [-0.2, -0.15) is 0 Å². The predicted molar refractivity (Wildman–Crippen MR) is 82.8 cm³/mol. The van der Waals surface area contributed by atoms with Gasteiger partial charge in [-0.25, -0.2) is 18.4 Å². The summed E-state index contributed by atoms with van der Waals surface area (Å²) in [7, 11) is 2.77. The first kappa shape index (κ1) is 17.2. The molecule has 1 aromatic carbocycles. The van der Waals surface area contributed by atoms with Crippen LogP contribution in [0.15, 0.2) is 12.1 Å². The minimum absolute atomic E-state index is 0.0335. The Morgan fingerprint density at radius 3 is 2.44 bits per heavy atom. The lowest BCUT2D eigenvalue weighted by atomic mass is 10.1. The molecule has 2 heterocycles. The first-order valence-electron chi connectivity index (χ1n) is 7.52. The highest BCUT2D eigenvalue weighted by Gasteiger charge is 2.38. The largest absolute Gasteiger partial charge is 0.465 e. The number of halogens is 2. The van der Waals surface area contributed by atoms with Gasteiger partial charge in [0.25, 0.3) is 0 Å². The van der Waals surface area contributed by atoms with E-state index in [1.807, 2.05) is 0 Å². The number of methoxy groups -OCH3 is 1. The van der Waals surface area contributed by atoms with Crippen molar-refractivity contribution in [2.24, 2.45) is 0 Å². The highest BCUT2D eigenvalue weighted by Crippen LogP contribution is 2.33. The quantitative estimate of drug-likeness (QED) is 0.883. The lowest BCUT2D eigenvalue weighted by Gasteiger charge is -2.40. The number of hydrogen-bond acceptors (Lipinski definition) is 5. The van der Waals surface area contributed by atoms with Crippen LogP contribution in [-0.2, 0) is 9.47 Å². The lowest BCUT2D eigenvalue weighted by Crippen LogP contribution is -2.52. The number of amides is 2. The lowest BCUT2D eigenvalue weighted by molar-refractivity contribution is 0.0415. The second-order valence-corrected chi connectivity index (χ2v) is 5.86. The molecule has 0 spiro atoms. The molecule has 2 amide bonds. The van der Waals surface area contributed by atoms with Gasteiger partial charge in [0.1, 0.15) is 5.69 Å². The second-order valence-electron chi connectivity index (χ2n) is 5.86. The van der Waals surface area contributed by atoms with Gasteiger partial charge < -0.3 is 19.5 Å². The Balaban J connectivity index is 1.80. The highest BCUT2D eigenvalue weighted by molar-refractivity contribution is 5.90. The smallest absolute Gasteiger partial charge is 0.416 e. The first-order chi connectivity index (χ1) is 11.8. The summed E-state index contributed by atoms with van der Waals surface area (Å²) in [6.07, 6.45) is -3.26. The molecule has 0 aromatic heterocycles. The van der Waals surface area contributed by atoms with Crippen molar-refractivity contribution in [3.8, 4) is 0 Å². The molecule has 136 valence electrons.